The Hall–Kier alpha value is -2.08. The van der Waals surface area contributed by atoms with E-state index < -0.39 is 11.8 Å². The summed E-state index contributed by atoms with van der Waals surface area (Å²) in [6.07, 6.45) is 7.85. The zero-order valence-corrected chi connectivity index (χ0v) is 7.94. The minimum Gasteiger partial charge on any atom is -0.458 e. The van der Waals surface area contributed by atoms with Crippen molar-refractivity contribution in [3.63, 3.8) is 0 Å². The molecule has 0 spiro atoms. The van der Waals surface area contributed by atoms with E-state index in [0.717, 1.165) is 0 Å². The van der Waals surface area contributed by atoms with Gasteiger partial charge in [0, 0.05) is 0 Å². The summed E-state index contributed by atoms with van der Waals surface area (Å²) in [6.45, 7) is 0.0391. The number of hydrogen-bond acceptors (Lipinski definition) is 2. The van der Waals surface area contributed by atoms with Gasteiger partial charge < -0.3 is 4.74 Å². The molecule has 0 aliphatic carbocycles. The van der Waals surface area contributed by atoms with Crippen molar-refractivity contribution in [2.75, 3.05) is 6.61 Å². The summed E-state index contributed by atoms with van der Waals surface area (Å²) in [5, 5.41) is 0. The third-order valence-electron chi connectivity index (χ3n) is 1.62. The van der Waals surface area contributed by atoms with Gasteiger partial charge in [-0.05, 0) is 24.3 Å². The van der Waals surface area contributed by atoms with E-state index >= 15 is 0 Å². The van der Waals surface area contributed by atoms with E-state index in [0.29, 0.717) is 0 Å². The van der Waals surface area contributed by atoms with Crippen LogP contribution in [0.4, 0.5) is 4.39 Å². The Bertz CT molecular complexity index is 416. The number of carbonyl (C=O) groups excluding carboxylic acids is 1. The second-order valence-electron chi connectivity index (χ2n) is 2.65. The molecule has 0 saturated carbocycles. The lowest BCUT2D eigenvalue weighted by Gasteiger charge is -2.01. The third kappa shape index (κ3) is 3.28. The molecule has 0 fully saturated rings. The van der Waals surface area contributed by atoms with Crippen LogP contribution in [0.15, 0.2) is 36.4 Å². The van der Waals surface area contributed by atoms with Crippen molar-refractivity contribution in [3.8, 4) is 12.3 Å². The second-order valence-corrected chi connectivity index (χ2v) is 2.65. The molecule has 2 nitrogen and oxygen atoms in total. The van der Waals surface area contributed by atoms with E-state index in [1.807, 2.05) is 0 Å². The van der Waals surface area contributed by atoms with Crippen molar-refractivity contribution in [2.24, 2.45) is 0 Å². The van der Waals surface area contributed by atoms with Gasteiger partial charge in [-0.2, -0.15) is 0 Å². The molecule has 0 amide bonds. The first-order valence-electron chi connectivity index (χ1n) is 4.28. The molecule has 0 unspecified atom stereocenters. The van der Waals surface area contributed by atoms with Crippen molar-refractivity contribution in [2.45, 2.75) is 0 Å². The van der Waals surface area contributed by atoms with Crippen LogP contribution in [0.1, 0.15) is 10.4 Å². The van der Waals surface area contributed by atoms with E-state index in [2.05, 4.69) is 5.92 Å². The number of esters is 1. The van der Waals surface area contributed by atoms with Gasteiger partial charge >= 0.3 is 5.97 Å². The molecule has 0 aliphatic heterocycles. The topological polar surface area (TPSA) is 26.3 Å². The quantitative estimate of drug-likeness (QED) is 0.557. The number of rotatable bonds is 3. The van der Waals surface area contributed by atoms with Crippen LogP contribution in [0.2, 0.25) is 0 Å². The van der Waals surface area contributed by atoms with E-state index in [4.69, 9.17) is 11.2 Å². The van der Waals surface area contributed by atoms with Crippen LogP contribution in [-0.4, -0.2) is 12.6 Å². The number of carbonyl (C=O) groups is 1. The number of terminal acetylenes is 1. The van der Waals surface area contributed by atoms with Crippen LogP contribution in [-0.2, 0) is 4.74 Å². The maximum Gasteiger partial charge on any atom is 0.341 e. The van der Waals surface area contributed by atoms with Crippen LogP contribution in [0.5, 0.6) is 0 Å². The Balaban J connectivity index is 2.59. The smallest absolute Gasteiger partial charge is 0.341 e. The molecule has 76 valence electrons. The zero-order chi connectivity index (χ0) is 11.1. The SMILES string of the molecule is C#CC=CCOC(=O)c1ccccc1F. The zero-order valence-electron chi connectivity index (χ0n) is 7.94. The van der Waals surface area contributed by atoms with Crippen molar-refractivity contribution >= 4 is 5.97 Å². The first-order chi connectivity index (χ1) is 7.25. The highest BCUT2D eigenvalue weighted by molar-refractivity contribution is 5.89. The third-order valence-corrected chi connectivity index (χ3v) is 1.62. The van der Waals surface area contributed by atoms with Gasteiger partial charge in [-0.1, -0.05) is 18.1 Å². The van der Waals surface area contributed by atoms with Gasteiger partial charge in [0.25, 0.3) is 0 Å². The molecule has 1 rings (SSSR count). The average molecular weight is 204 g/mol. The standard InChI is InChI=1S/C12H9FO2/c1-2-3-6-9-15-12(14)10-7-4-5-8-11(10)13/h1,3-8H,9H2. The van der Waals surface area contributed by atoms with Crippen LogP contribution in [0.25, 0.3) is 0 Å². The number of allylic oxidation sites excluding steroid dienone is 1. The highest BCUT2D eigenvalue weighted by Crippen LogP contribution is 2.07. The normalized spacial score (nSPS) is 9.87. The molecule has 0 aliphatic rings. The summed E-state index contributed by atoms with van der Waals surface area (Å²) in [7, 11) is 0. The van der Waals surface area contributed by atoms with Crippen molar-refractivity contribution in [1.82, 2.24) is 0 Å². The van der Waals surface area contributed by atoms with Crippen LogP contribution in [0, 0.1) is 18.2 Å². The highest BCUT2D eigenvalue weighted by Gasteiger charge is 2.10. The number of benzene rings is 1. The molecule has 15 heavy (non-hydrogen) atoms. The van der Waals surface area contributed by atoms with Gasteiger partial charge in [-0.15, -0.1) is 6.42 Å². The second kappa shape index (κ2) is 5.61. The van der Waals surface area contributed by atoms with Gasteiger partial charge in [0.1, 0.15) is 12.4 Å². The average Bonchev–Trinajstić information content (AvgIpc) is 2.25. The van der Waals surface area contributed by atoms with Gasteiger partial charge in [0.15, 0.2) is 0 Å². The summed E-state index contributed by atoms with van der Waals surface area (Å²) in [6, 6.07) is 5.64. The summed E-state index contributed by atoms with van der Waals surface area (Å²) < 4.78 is 17.8. The molecule has 0 heterocycles. The predicted molar refractivity (Wildman–Crippen MR) is 54.7 cm³/mol. The molecule has 0 aromatic heterocycles. The first-order valence-corrected chi connectivity index (χ1v) is 4.28. The molecule has 0 radical (unpaired) electrons. The summed E-state index contributed by atoms with van der Waals surface area (Å²) in [5.41, 5.74) is -0.0772. The van der Waals surface area contributed by atoms with Gasteiger partial charge in [0.05, 0.1) is 5.56 Å². The summed E-state index contributed by atoms with van der Waals surface area (Å²) in [4.78, 5) is 11.3. The molecular weight excluding hydrogens is 195 g/mol. The predicted octanol–water partition coefficient (Wildman–Crippen LogP) is 2.17. The fourth-order valence-electron chi connectivity index (χ4n) is 0.944. The number of ether oxygens (including phenoxy) is 1. The lowest BCUT2D eigenvalue weighted by atomic mass is 10.2. The van der Waals surface area contributed by atoms with Crippen molar-refractivity contribution in [1.29, 1.82) is 0 Å². The Labute approximate surface area is 87.4 Å². The fraction of sp³-hybridized carbons (Fsp3) is 0.0833. The van der Waals surface area contributed by atoms with E-state index in [-0.39, 0.29) is 12.2 Å². The Morgan fingerprint density at radius 1 is 1.53 bits per heavy atom. The van der Waals surface area contributed by atoms with E-state index in [9.17, 15) is 9.18 Å². The molecule has 0 atom stereocenters. The molecule has 0 bridgehead atoms. The molecule has 3 heteroatoms. The Morgan fingerprint density at radius 2 is 2.27 bits per heavy atom. The lowest BCUT2D eigenvalue weighted by Crippen LogP contribution is -2.07. The minimum absolute atomic E-state index is 0.0391. The van der Waals surface area contributed by atoms with E-state index in [1.54, 1.807) is 6.07 Å². The largest absolute Gasteiger partial charge is 0.458 e. The Kier molecular flexibility index (Phi) is 4.11. The first kappa shape index (κ1) is 11.0. The fourth-order valence-corrected chi connectivity index (χ4v) is 0.944. The molecule has 0 N–H and O–H groups in total. The van der Waals surface area contributed by atoms with Crippen molar-refractivity contribution < 1.29 is 13.9 Å². The van der Waals surface area contributed by atoms with Gasteiger partial charge in [-0.3, -0.25) is 0 Å². The van der Waals surface area contributed by atoms with Gasteiger partial charge in [0.2, 0.25) is 0 Å². The monoisotopic (exact) mass is 204 g/mol. The Morgan fingerprint density at radius 3 is 2.93 bits per heavy atom. The number of halogens is 1. The highest BCUT2D eigenvalue weighted by atomic mass is 19.1. The molecule has 1 aromatic carbocycles. The summed E-state index contributed by atoms with van der Waals surface area (Å²) in [5.74, 6) is 0.953. The van der Waals surface area contributed by atoms with Crippen LogP contribution in [0.3, 0.4) is 0 Å². The lowest BCUT2D eigenvalue weighted by molar-refractivity contribution is 0.0544. The molecule has 0 saturated heterocycles. The number of hydrogen-bond donors (Lipinski definition) is 0. The van der Waals surface area contributed by atoms with Crippen LogP contribution < -0.4 is 0 Å². The minimum atomic E-state index is -0.699. The van der Waals surface area contributed by atoms with Gasteiger partial charge in [-0.25, -0.2) is 9.18 Å². The summed E-state index contributed by atoms with van der Waals surface area (Å²) >= 11 is 0. The molecule has 1 aromatic rings. The maximum absolute atomic E-state index is 13.1. The molecular formula is C12H9FO2. The van der Waals surface area contributed by atoms with Crippen LogP contribution >= 0.6 is 0 Å². The van der Waals surface area contributed by atoms with E-state index in [1.165, 1.54) is 30.4 Å². The maximum atomic E-state index is 13.1. The van der Waals surface area contributed by atoms with Crippen molar-refractivity contribution in [3.05, 3.63) is 47.8 Å².